The van der Waals surface area contributed by atoms with Crippen molar-refractivity contribution in [2.75, 3.05) is 0 Å². The van der Waals surface area contributed by atoms with Gasteiger partial charge in [-0.2, -0.15) is 19.8 Å². The van der Waals surface area contributed by atoms with Crippen molar-refractivity contribution < 1.29 is 0 Å². The first kappa shape index (κ1) is 20.7. The van der Waals surface area contributed by atoms with Crippen LogP contribution in [0.3, 0.4) is 0 Å². The average molecular weight is 396 g/mol. The van der Waals surface area contributed by atoms with Gasteiger partial charge in [0.2, 0.25) is 0 Å². The summed E-state index contributed by atoms with van der Waals surface area (Å²) in [5, 5.41) is 22.9. The maximum atomic E-state index is 7.65. The SMILES string of the molecule is [C-]#[N+]c1c(C(C)(C)C)nn(C)c1/N=N/c1c(C(C)(C)C)nn2c(CC)nn(C)c12. The van der Waals surface area contributed by atoms with Crippen LogP contribution in [0.1, 0.15) is 65.7 Å². The van der Waals surface area contributed by atoms with E-state index < -0.39 is 0 Å². The quantitative estimate of drug-likeness (QED) is 0.466. The number of nitrogens with zero attached hydrogens (tertiary/aromatic N) is 9. The maximum Gasteiger partial charge on any atom is 0.255 e. The molecule has 0 aliphatic carbocycles. The Kier molecular flexibility index (Phi) is 4.85. The summed E-state index contributed by atoms with van der Waals surface area (Å²) < 4.78 is 5.25. The van der Waals surface area contributed by atoms with Gasteiger partial charge < -0.3 is 0 Å². The Labute approximate surface area is 171 Å². The molecular formula is C20H29N9. The summed E-state index contributed by atoms with van der Waals surface area (Å²) in [5.41, 5.74) is 2.96. The summed E-state index contributed by atoms with van der Waals surface area (Å²) in [6, 6.07) is 0. The molecule has 9 nitrogen and oxygen atoms in total. The standard InChI is InChI=1S/C20H29N9/c1-11-12-24-28(10)18-14(16(20(5,6)7)26-29(12)18)22-23-17-13(21-8)15(19(2,3)4)25-27(17)9/h11H2,1-7,9-10H3/b23-22+. The van der Waals surface area contributed by atoms with Crippen molar-refractivity contribution in [3.05, 3.63) is 28.6 Å². The van der Waals surface area contributed by atoms with Gasteiger partial charge in [-0.3, -0.25) is 4.68 Å². The Bertz CT molecular complexity index is 1130. The van der Waals surface area contributed by atoms with Crippen molar-refractivity contribution in [1.29, 1.82) is 0 Å². The number of hydrogen-bond donors (Lipinski definition) is 0. The number of rotatable bonds is 3. The molecule has 0 unspecified atom stereocenters. The van der Waals surface area contributed by atoms with Crippen LogP contribution in [-0.2, 0) is 31.3 Å². The first-order chi connectivity index (χ1) is 13.4. The van der Waals surface area contributed by atoms with E-state index in [9.17, 15) is 0 Å². The van der Waals surface area contributed by atoms with Crippen LogP contribution < -0.4 is 0 Å². The Morgan fingerprint density at radius 1 is 0.897 bits per heavy atom. The van der Waals surface area contributed by atoms with Crippen LogP contribution in [0.5, 0.6) is 0 Å². The zero-order valence-electron chi connectivity index (χ0n) is 18.7. The molecule has 3 aromatic rings. The Morgan fingerprint density at radius 3 is 2.03 bits per heavy atom. The van der Waals surface area contributed by atoms with Crippen LogP contribution in [0.2, 0.25) is 0 Å². The molecule has 0 bridgehead atoms. The first-order valence-electron chi connectivity index (χ1n) is 9.71. The van der Waals surface area contributed by atoms with Gasteiger partial charge in [0.1, 0.15) is 0 Å². The van der Waals surface area contributed by atoms with E-state index in [4.69, 9.17) is 11.7 Å². The molecular weight excluding hydrogens is 366 g/mol. The van der Waals surface area contributed by atoms with Gasteiger partial charge in [-0.25, -0.2) is 9.53 Å². The summed E-state index contributed by atoms with van der Waals surface area (Å²) in [7, 11) is 3.67. The molecule has 3 heterocycles. The molecule has 3 rings (SSSR count). The topological polar surface area (TPSA) is 82.0 Å². The van der Waals surface area contributed by atoms with Gasteiger partial charge in [0.05, 0.1) is 18.0 Å². The van der Waals surface area contributed by atoms with Crippen LogP contribution >= 0.6 is 0 Å². The van der Waals surface area contributed by atoms with E-state index in [0.29, 0.717) is 22.9 Å². The van der Waals surface area contributed by atoms with Gasteiger partial charge in [0, 0.05) is 25.9 Å². The first-order valence-corrected chi connectivity index (χ1v) is 9.71. The molecule has 0 aromatic carbocycles. The van der Waals surface area contributed by atoms with E-state index >= 15 is 0 Å². The van der Waals surface area contributed by atoms with E-state index in [1.54, 1.807) is 16.4 Å². The zero-order chi connectivity index (χ0) is 21.7. The lowest BCUT2D eigenvalue weighted by Gasteiger charge is -2.15. The van der Waals surface area contributed by atoms with Gasteiger partial charge >= 0.3 is 0 Å². The molecule has 29 heavy (non-hydrogen) atoms. The minimum Gasteiger partial charge on any atom is -0.260 e. The monoisotopic (exact) mass is 395 g/mol. The van der Waals surface area contributed by atoms with Crippen molar-refractivity contribution in [1.82, 2.24) is 29.2 Å². The normalized spacial score (nSPS) is 13.0. The van der Waals surface area contributed by atoms with Gasteiger partial charge in [0.15, 0.2) is 23.0 Å². The van der Waals surface area contributed by atoms with Crippen LogP contribution in [0.25, 0.3) is 10.5 Å². The van der Waals surface area contributed by atoms with Gasteiger partial charge in [-0.1, -0.05) is 48.5 Å². The molecule has 0 saturated heterocycles. The van der Waals surface area contributed by atoms with Crippen molar-refractivity contribution >= 4 is 22.8 Å². The number of aryl methyl sites for hydroxylation is 3. The minimum atomic E-state index is -0.259. The summed E-state index contributed by atoms with van der Waals surface area (Å²) in [4.78, 5) is 3.70. The second-order valence-corrected chi connectivity index (χ2v) is 9.28. The van der Waals surface area contributed by atoms with E-state index in [2.05, 4.69) is 46.0 Å². The van der Waals surface area contributed by atoms with Crippen molar-refractivity contribution in [3.63, 3.8) is 0 Å². The molecule has 0 saturated carbocycles. The van der Waals surface area contributed by atoms with Crippen molar-refractivity contribution in [2.45, 2.75) is 65.7 Å². The molecule has 0 fully saturated rings. The predicted molar refractivity (Wildman–Crippen MR) is 112 cm³/mol. The van der Waals surface area contributed by atoms with E-state index in [1.165, 1.54) is 0 Å². The van der Waals surface area contributed by atoms with E-state index in [-0.39, 0.29) is 10.8 Å². The summed E-state index contributed by atoms with van der Waals surface area (Å²) in [5.74, 6) is 1.31. The molecule has 0 aliphatic rings. The second-order valence-electron chi connectivity index (χ2n) is 9.28. The fraction of sp³-hybridized carbons (Fsp3) is 0.600. The van der Waals surface area contributed by atoms with Crippen molar-refractivity contribution in [2.24, 2.45) is 24.3 Å². The number of azo groups is 1. The highest BCUT2D eigenvalue weighted by Crippen LogP contribution is 2.40. The number of fused-ring (bicyclic) bond motifs is 1. The lowest BCUT2D eigenvalue weighted by molar-refractivity contribution is 0.555. The minimum absolute atomic E-state index is 0.225. The van der Waals surface area contributed by atoms with Gasteiger partial charge in [-0.05, 0) is 5.41 Å². The highest BCUT2D eigenvalue weighted by molar-refractivity contribution is 5.70. The molecule has 0 aliphatic heterocycles. The third kappa shape index (κ3) is 3.43. The van der Waals surface area contributed by atoms with Crippen LogP contribution in [0, 0.1) is 6.57 Å². The maximum absolute atomic E-state index is 7.65. The third-order valence-electron chi connectivity index (χ3n) is 4.74. The highest BCUT2D eigenvalue weighted by Gasteiger charge is 2.29. The Hall–Kier alpha value is -3.02. The molecule has 9 heteroatoms. The predicted octanol–water partition coefficient (Wildman–Crippen LogP) is 4.92. The Balaban J connectivity index is 2.24. The second kappa shape index (κ2) is 6.79. The lowest BCUT2D eigenvalue weighted by Crippen LogP contribution is -2.13. The number of hydrogen-bond acceptors (Lipinski definition) is 5. The van der Waals surface area contributed by atoms with Crippen LogP contribution in [0.4, 0.5) is 17.2 Å². The van der Waals surface area contributed by atoms with E-state index in [1.807, 2.05) is 39.3 Å². The zero-order valence-corrected chi connectivity index (χ0v) is 18.7. The van der Waals surface area contributed by atoms with E-state index in [0.717, 1.165) is 23.6 Å². The molecule has 0 radical (unpaired) electrons. The van der Waals surface area contributed by atoms with Gasteiger partial charge in [0.25, 0.3) is 5.69 Å². The summed E-state index contributed by atoms with van der Waals surface area (Å²) >= 11 is 0. The smallest absolute Gasteiger partial charge is 0.255 e. The fourth-order valence-electron chi connectivity index (χ4n) is 3.27. The third-order valence-corrected chi connectivity index (χ3v) is 4.74. The van der Waals surface area contributed by atoms with Crippen LogP contribution in [-0.4, -0.2) is 29.2 Å². The molecule has 0 atom stereocenters. The lowest BCUT2D eigenvalue weighted by atomic mass is 9.91. The average Bonchev–Trinajstić information content (AvgIpc) is 3.23. The molecule has 0 N–H and O–H groups in total. The Morgan fingerprint density at radius 2 is 1.52 bits per heavy atom. The largest absolute Gasteiger partial charge is 0.260 e. The molecule has 0 amide bonds. The number of aromatic nitrogens is 6. The summed E-state index contributed by atoms with van der Waals surface area (Å²) in [6.45, 7) is 22.1. The van der Waals surface area contributed by atoms with Crippen LogP contribution in [0.15, 0.2) is 10.2 Å². The molecule has 154 valence electrons. The molecule has 3 aromatic heterocycles. The highest BCUT2D eigenvalue weighted by atomic mass is 15.4. The fourth-order valence-corrected chi connectivity index (χ4v) is 3.27. The summed E-state index contributed by atoms with van der Waals surface area (Å²) in [6.07, 6.45) is 0.762. The molecule has 0 spiro atoms. The van der Waals surface area contributed by atoms with Gasteiger partial charge in [-0.15, -0.1) is 10.2 Å². The van der Waals surface area contributed by atoms with Crippen molar-refractivity contribution in [3.8, 4) is 0 Å².